The van der Waals surface area contributed by atoms with Gasteiger partial charge in [-0.05, 0) is 44.3 Å². The van der Waals surface area contributed by atoms with E-state index < -0.39 is 2.14 Å². The van der Waals surface area contributed by atoms with E-state index in [0.29, 0.717) is 0 Å². The summed E-state index contributed by atoms with van der Waals surface area (Å²) in [6.45, 7) is 1.99. The van der Waals surface area contributed by atoms with Crippen LogP contribution in [-0.2, 0) is 2.14 Å². The summed E-state index contributed by atoms with van der Waals surface area (Å²) in [6.07, 6.45) is 0. The topological polar surface area (TPSA) is 0 Å². The first kappa shape index (κ1) is 14.2. The van der Waals surface area contributed by atoms with Gasteiger partial charge in [-0.15, -0.1) is 0 Å². The SMILES string of the molecule is Cc1[c]c(Br)c(Br)c(C(Br)(Br)Br)c1Br. The molecule has 0 bridgehead atoms. The maximum absolute atomic E-state index is 3.53. The number of alkyl halides is 3. The lowest BCUT2D eigenvalue weighted by Gasteiger charge is -2.19. The molecule has 0 atom stereocenters. The maximum Gasteiger partial charge on any atom is 0.162 e. The van der Waals surface area contributed by atoms with E-state index >= 15 is 0 Å². The van der Waals surface area contributed by atoms with Crippen molar-refractivity contribution in [3.05, 3.63) is 30.6 Å². The minimum atomic E-state index is -0.451. The minimum Gasteiger partial charge on any atom is -0.0545 e. The van der Waals surface area contributed by atoms with Gasteiger partial charge >= 0.3 is 0 Å². The second-order valence-corrected chi connectivity index (χ2v) is 11.7. The first-order valence-corrected chi connectivity index (χ1v) is 8.14. The van der Waals surface area contributed by atoms with Crippen LogP contribution in [-0.4, -0.2) is 0 Å². The Morgan fingerprint density at radius 3 is 1.93 bits per heavy atom. The Balaban J connectivity index is 3.56. The van der Waals surface area contributed by atoms with Gasteiger partial charge in [0, 0.05) is 25.0 Å². The van der Waals surface area contributed by atoms with Gasteiger partial charge in [-0.1, -0.05) is 63.7 Å². The van der Waals surface area contributed by atoms with Crippen LogP contribution in [0, 0.1) is 13.0 Å². The lowest BCUT2D eigenvalue weighted by Crippen LogP contribution is -2.02. The molecular weight excluding hydrogens is 576 g/mol. The number of rotatable bonds is 0. The summed E-state index contributed by atoms with van der Waals surface area (Å²) < 4.78 is 2.39. The average molecular weight is 579 g/mol. The third kappa shape index (κ3) is 3.06. The molecule has 0 unspecified atom stereocenters. The molecule has 0 saturated heterocycles. The number of halogens is 6. The molecule has 77 valence electrons. The highest BCUT2D eigenvalue weighted by Crippen LogP contribution is 2.52. The van der Waals surface area contributed by atoms with Gasteiger partial charge in [-0.3, -0.25) is 0 Å². The molecule has 0 aromatic heterocycles. The highest BCUT2D eigenvalue weighted by Gasteiger charge is 2.28. The molecule has 0 spiro atoms. The van der Waals surface area contributed by atoms with Crippen LogP contribution in [0.4, 0.5) is 0 Å². The highest BCUT2D eigenvalue weighted by atomic mass is 80.0. The highest BCUT2D eigenvalue weighted by molar-refractivity contribution is 9.38. The van der Waals surface area contributed by atoms with Gasteiger partial charge in [0.05, 0.1) is 0 Å². The molecule has 1 radical (unpaired) electrons. The van der Waals surface area contributed by atoms with Crippen molar-refractivity contribution in [2.24, 2.45) is 0 Å². The summed E-state index contributed by atoms with van der Waals surface area (Å²) in [4.78, 5) is 0. The van der Waals surface area contributed by atoms with Crippen molar-refractivity contribution in [3.8, 4) is 0 Å². The van der Waals surface area contributed by atoms with E-state index in [9.17, 15) is 0 Å². The molecule has 0 nitrogen and oxygen atoms in total. The van der Waals surface area contributed by atoms with E-state index in [-0.39, 0.29) is 0 Å². The van der Waals surface area contributed by atoms with Crippen LogP contribution in [0.1, 0.15) is 11.1 Å². The Labute approximate surface area is 133 Å². The molecule has 1 rings (SSSR count). The third-order valence-corrected chi connectivity index (χ3v) is 5.64. The van der Waals surface area contributed by atoms with Crippen molar-refractivity contribution in [1.29, 1.82) is 0 Å². The Bertz CT molecular complexity index is 339. The number of benzene rings is 1. The molecule has 0 fully saturated rings. The molecule has 6 heteroatoms. The Morgan fingerprint density at radius 2 is 1.50 bits per heavy atom. The van der Waals surface area contributed by atoms with Gasteiger partial charge in [0.2, 0.25) is 0 Å². The van der Waals surface area contributed by atoms with Crippen LogP contribution in [0.5, 0.6) is 0 Å². The van der Waals surface area contributed by atoms with Crippen molar-refractivity contribution >= 4 is 95.6 Å². The van der Waals surface area contributed by atoms with Crippen LogP contribution in [0.3, 0.4) is 0 Å². The summed E-state index contributed by atoms with van der Waals surface area (Å²) in [5.74, 6) is 0. The lowest BCUT2D eigenvalue weighted by atomic mass is 10.2. The fourth-order valence-electron chi connectivity index (χ4n) is 0.917. The van der Waals surface area contributed by atoms with E-state index in [1.807, 2.05) is 6.92 Å². The molecule has 14 heavy (non-hydrogen) atoms. The van der Waals surface area contributed by atoms with Crippen molar-refractivity contribution in [2.75, 3.05) is 0 Å². The van der Waals surface area contributed by atoms with E-state index in [4.69, 9.17) is 0 Å². The van der Waals surface area contributed by atoms with Crippen LogP contribution in [0.2, 0.25) is 0 Å². The smallest absolute Gasteiger partial charge is 0.0545 e. The Hall–Kier alpha value is 2.10. The Kier molecular flexibility index (Phi) is 5.23. The summed E-state index contributed by atoms with van der Waals surface area (Å²) in [5, 5.41) is 0. The van der Waals surface area contributed by atoms with Crippen molar-refractivity contribution < 1.29 is 0 Å². The second kappa shape index (κ2) is 5.17. The normalized spacial score (nSPS) is 11.9. The van der Waals surface area contributed by atoms with Crippen LogP contribution in [0.15, 0.2) is 13.4 Å². The molecule has 1 aromatic rings. The van der Waals surface area contributed by atoms with E-state index in [1.165, 1.54) is 0 Å². The molecule has 0 saturated carbocycles. The van der Waals surface area contributed by atoms with Gasteiger partial charge < -0.3 is 0 Å². The summed E-state index contributed by atoms with van der Waals surface area (Å²) in [6, 6.07) is 3.18. The number of hydrogen-bond acceptors (Lipinski definition) is 0. The third-order valence-electron chi connectivity index (χ3n) is 1.54. The zero-order valence-corrected chi connectivity index (χ0v) is 16.3. The molecule has 0 aliphatic carbocycles. The monoisotopic (exact) mass is 573 g/mol. The minimum absolute atomic E-state index is 0.451. The van der Waals surface area contributed by atoms with E-state index in [1.54, 1.807) is 0 Å². The molecule has 0 aliphatic rings. The van der Waals surface area contributed by atoms with Gasteiger partial charge in [-0.2, -0.15) is 0 Å². The average Bonchev–Trinajstić information content (AvgIpc) is 1.98. The summed E-state index contributed by atoms with van der Waals surface area (Å²) >= 11 is 21.0. The van der Waals surface area contributed by atoms with E-state index in [0.717, 1.165) is 24.5 Å². The quantitative estimate of drug-likeness (QED) is 0.248. The van der Waals surface area contributed by atoms with Crippen molar-refractivity contribution in [1.82, 2.24) is 0 Å². The standard InChI is InChI=1S/C8H3Br6/c1-3-2-4(9)7(11)5(6(3)10)8(12,13)14/h1H3. The first-order valence-electron chi connectivity index (χ1n) is 3.38. The zero-order valence-electron chi connectivity index (χ0n) is 6.77. The van der Waals surface area contributed by atoms with Gasteiger partial charge in [-0.25, -0.2) is 0 Å². The van der Waals surface area contributed by atoms with E-state index in [2.05, 4.69) is 102 Å². The molecule has 0 aliphatic heterocycles. The molecular formula is C8H3Br6. The predicted octanol–water partition coefficient (Wildman–Crippen LogP) is 6.38. The molecule has 0 N–H and O–H groups in total. The maximum atomic E-state index is 3.53. The molecule has 0 amide bonds. The fraction of sp³-hybridized carbons (Fsp3) is 0.250. The van der Waals surface area contributed by atoms with Gasteiger partial charge in [0.25, 0.3) is 0 Å². The predicted molar refractivity (Wildman–Crippen MR) is 81.6 cm³/mol. The summed E-state index contributed by atoms with van der Waals surface area (Å²) in [5.41, 5.74) is 2.07. The molecule has 1 aromatic carbocycles. The largest absolute Gasteiger partial charge is 0.162 e. The van der Waals surface area contributed by atoms with Crippen LogP contribution < -0.4 is 0 Å². The van der Waals surface area contributed by atoms with Crippen LogP contribution in [0.25, 0.3) is 0 Å². The van der Waals surface area contributed by atoms with Crippen molar-refractivity contribution in [3.63, 3.8) is 0 Å². The Morgan fingerprint density at radius 1 is 1.00 bits per heavy atom. The van der Waals surface area contributed by atoms with Gasteiger partial charge in [0.1, 0.15) is 0 Å². The number of aryl methyl sites for hydroxylation is 1. The fourth-order valence-corrected chi connectivity index (χ4v) is 5.65. The zero-order chi connectivity index (χ0) is 11.1. The molecule has 0 heterocycles. The second-order valence-electron chi connectivity index (χ2n) is 2.56. The van der Waals surface area contributed by atoms with Crippen molar-refractivity contribution in [2.45, 2.75) is 9.07 Å². The van der Waals surface area contributed by atoms with Gasteiger partial charge in [0.15, 0.2) is 2.14 Å². The van der Waals surface area contributed by atoms with Crippen LogP contribution >= 0.6 is 95.6 Å². The first-order chi connectivity index (χ1) is 6.25. The summed E-state index contributed by atoms with van der Waals surface area (Å²) in [7, 11) is 0. The lowest BCUT2D eigenvalue weighted by molar-refractivity contribution is 1.24. The number of hydrogen-bond donors (Lipinski definition) is 0.